The molecule has 1 amide bonds. The number of pyridine rings is 1. The molecule has 0 saturated heterocycles. The van der Waals surface area contributed by atoms with Gasteiger partial charge in [-0.05, 0) is 69.7 Å². The first-order valence-corrected chi connectivity index (χ1v) is 13.3. The minimum atomic E-state index is -4.07. The number of aryl methyl sites for hydroxylation is 2. The molecule has 0 bridgehead atoms. The number of nitrogens with one attached hydrogen (secondary N) is 1. The van der Waals surface area contributed by atoms with Crippen LogP contribution in [0.2, 0.25) is 5.02 Å². The van der Waals surface area contributed by atoms with Crippen LogP contribution in [0.3, 0.4) is 0 Å². The van der Waals surface area contributed by atoms with Crippen LogP contribution in [0.5, 0.6) is 0 Å². The Bertz CT molecular complexity index is 1610. The highest BCUT2D eigenvalue weighted by Crippen LogP contribution is 2.23. The predicted molar refractivity (Wildman–Crippen MR) is 139 cm³/mol. The van der Waals surface area contributed by atoms with Crippen LogP contribution in [-0.4, -0.2) is 40.9 Å². The van der Waals surface area contributed by atoms with E-state index < -0.39 is 21.9 Å². The lowest BCUT2D eigenvalue weighted by atomic mass is 10.1. The summed E-state index contributed by atoms with van der Waals surface area (Å²) in [6.07, 6.45) is -0.254. The normalized spacial score (nSPS) is 11.6. The van der Waals surface area contributed by atoms with Crippen LogP contribution in [0.1, 0.15) is 51.6 Å². The number of sulfonamides is 1. The highest BCUT2D eigenvalue weighted by molar-refractivity contribution is 7.90. The summed E-state index contributed by atoms with van der Waals surface area (Å²) >= 11 is 6.46. The molecule has 0 atom stereocenters. The SMILES string of the molecule is Cc1ccc(S(=O)(=O)NC(=O)c2ccc3nc(C)n(Cc4ccc(C(=O)OC(C)C)cc4Cl)c3n2)cc1. The number of carbonyl (C=O) groups is 2. The van der Waals surface area contributed by atoms with Crippen LogP contribution in [0.4, 0.5) is 0 Å². The van der Waals surface area contributed by atoms with Gasteiger partial charge < -0.3 is 9.30 Å². The molecule has 11 heteroatoms. The number of amides is 1. The maximum atomic E-state index is 12.8. The molecule has 0 radical (unpaired) electrons. The summed E-state index contributed by atoms with van der Waals surface area (Å²) in [6, 6.07) is 14.1. The Morgan fingerprint density at radius 3 is 2.38 bits per heavy atom. The molecule has 192 valence electrons. The van der Waals surface area contributed by atoms with Crippen molar-refractivity contribution in [3.8, 4) is 0 Å². The van der Waals surface area contributed by atoms with E-state index >= 15 is 0 Å². The molecule has 0 spiro atoms. The fourth-order valence-corrected chi connectivity index (χ4v) is 4.84. The predicted octanol–water partition coefficient (Wildman–Crippen LogP) is 4.43. The zero-order valence-corrected chi connectivity index (χ0v) is 22.2. The number of esters is 1. The second-order valence-electron chi connectivity index (χ2n) is 8.79. The van der Waals surface area contributed by atoms with Crippen molar-refractivity contribution in [2.24, 2.45) is 0 Å². The second kappa shape index (κ2) is 10.3. The van der Waals surface area contributed by atoms with E-state index in [9.17, 15) is 18.0 Å². The number of halogens is 1. The van der Waals surface area contributed by atoms with Gasteiger partial charge in [0.1, 0.15) is 17.0 Å². The smallest absolute Gasteiger partial charge is 0.338 e. The zero-order valence-electron chi connectivity index (χ0n) is 20.6. The van der Waals surface area contributed by atoms with Crippen LogP contribution >= 0.6 is 11.6 Å². The van der Waals surface area contributed by atoms with E-state index in [2.05, 4.69) is 14.7 Å². The molecule has 1 N–H and O–H groups in total. The summed E-state index contributed by atoms with van der Waals surface area (Å²) in [5, 5.41) is 0.359. The molecule has 0 saturated carbocycles. The summed E-state index contributed by atoms with van der Waals surface area (Å²) in [6.45, 7) is 7.41. The summed E-state index contributed by atoms with van der Waals surface area (Å²) < 4.78 is 34.3. The standard InChI is InChI=1S/C26H25ClN4O5S/c1-15(2)36-26(33)18-7-8-19(21(27)13-18)14-31-17(4)28-22-11-12-23(29-24(22)31)25(32)30-37(34,35)20-9-5-16(3)6-10-20/h5-13,15H,14H2,1-4H3,(H,30,32). The minimum absolute atomic E-state index is 0.0243. The molecular weight excluding hydrogens is 516 g/mol. The lowest BCUT2D eigenvalue weighted by Crippen LogP contribution is -2.31. The van der Waals surface area contributed by atoms with Crippen LogP contribution < -0.4 is 4.72 Å². The molecule has 2 heterocycles. The molecule has 0 aliphatic heterocycles. The number of hydrogen-bond donors (Lipinski definition) is 1. The lowest BCUT2D eigenvalue weighted by molar-refractivity contribution is 0.0377. The number of imidazole rings is 1. The largest absolute Gasteiger partial charge is 0.459 e. The van der Waals surface area contributed by atoms with E-state index in [0.717, 1.165) is 5.56 Å². The van der Waals surface area contributed by atoms with E-state index in [-0.39, 0.29) is 23.2 Å². The fraction of sp³-hybridized carbons (Fsp3) is 0.231. The maximum Gasteiger partial charge on any atom is 0.338 e. The van der Waals surface area contributed by atoms with Gasteiger partial charge in [-0.25, -0.2) is 27.9 Å². The Balaban J connectivity index is 1.61. The molecule has 2 aromatic heterocycles. The molecule has 4 aromatic rings. The van der Waals surface area contributed by atoms with E-state index in [1.54, 1.807) is 55.7 Å². The van der Waals surface area contributed by atoms with Crippen molar-refractivity contribution >= 4 is 44.7 Å². The summed E-state index contributed by atoms with van der Waals surface area (Å²) in [4.78, 5) is 33.8. The molecule has 0 unspecified atom stereocenters. The minimum Gasteiger partial charge on any atom is -0.459 e. The fourth-order valence-electron chi connectivity index (χ4n) is 3.64. The number of fused-ring (bicyclic) bond motifs is 1. The van der Waals surface area contributed by atoms with E-state index in [0.29, 0.717) is 33.1 Å². The topological polar surface area (TPSA) is 120 Å². The highest BCUT2D eigenvalue weighted by Gasteiger charge is 2.21. The molecule has 9 nitrogen and oxygen atoms in total. The number of nitrogens with zero attached hydrogens (tertiary/aromatic N) is 3. The second-order valence-corrected chi connectivity index (χ2v) is 10.9. The first kappa shape index (κ1) is 26.3. The zero-order chi connectivity index (χ0) is 26.9. The van der Waals surface area contributed by atoms with Gasteiger partial charge in [0.25, 0.3) is 15.9 Å². The molecule has 0 aliphatic rings. The van der Waals surface area contributed by atoms with Gasteiger partial charge in [0, 0.05) is 5.02 Å². The van der Waals surface area contributed by atoms with Crippen molar-refractivity contribution in [2.75, 3.05) is 0 Å². The van der Waals surface area contributed by atoms with Crippen molar-refractivity contribution in [1.29, 1.82) is 0 Å². The Kier molecular flexibility index (Phi) is 7.33. The first-order chi connectivity index (χ1) is 17.4. The number of ether oxygens (including phenoxy) is 1. The van der Waals surface area contributed by atoms with Crippen LogP contribution in [0.15, 0.2) is 59.5 Å². The Hall–Kier alpha value is -3.76. The van der Waals surface area contributed by atoms with Crippen LogP contribution in [0.25, 0.3) is 11.2 Å². The van der Waals surface area contributed by atoms with Gasteiger partial charge in [0.05, 0.1) is 23.1 Å². The molecule has 2 aromatic carbocycles. The first-order valence-electron chi connectivity index (χ1n) is 11.4. The van der Waals surface area contributed by atoms with Gasteiger partial charge in [0.15, 0.2) is 5.65 Å². The molecule has 37 heavy (non-hydrogen) atoms. The van der Waals surface area contributed by atoms with Crippen molar-refractivity contribution < 1.29 is 22.7 Å². The average Bonchev–Trinajstić information content (AvgIpc) is 3.14. The maximum absolute atomic E-state index is 12.8. The van der Waals surface area contributed by atoms with E-state index in [1.807, 2.05) is 6.92 Å². The summed E-state index contributed by atoms with van der Waals surface area (Å²) in [5.74, 6) is -0.712. The molecule has 0 fully saturated rings. The van der Waals surface area contributed by atoms with E-state index in [1.165, 1.54) is 24.3 Å². The van der Waals surface area contributed by atoms with Gasteiger partial charge in [-0.15, -0.1) is 0 Å². The van der Waals surface area contributed by atoms with Crippen LogP contribution in [0, 0.1) is 13.8 Å². The number of benzene rings is 2. The monoisotopic (exact) mass is 540 g/mol. The number of rotatable bonds is 7. The van der Waals surface area contributed by atoms with Gasteiger partial charge in [-0.1, -0.05) is 35.4 Å². The van der Waals surface area contributed by atoms with Crippen LogP contribution in [-0.2, 0) is 21.3 Å². The lowest BCUT2D eigenvalue weighted by Gasteiger charge is -2.12. The number of carbonyl (C=O) groups excluding carboxylic acids is 2. The Morgan fingerprint density at radius 1 is 1.03 bits per heavy atom. The number of aromatic nitrogens is 3. The van der Waals surface area contributed by atoms with Gasteiger partial charge in [-0.3, -0.25) is 4.79 Å². The highest BCUT2D eigenvalue weighted by atomic mass is 35.5. The van der Waals surface area contributed by atoms with Gasteiger partial charge >= 0.3 is 5.97 Å². The number of hydrogen-bond acceptors (Lipinski definition) is 7. The van der Waals surface area contributed by atoms with Crippen molar-refractivity contribution in [2.45, 2.75) is 45.2 Å². The third kappa shape index (κ3) is 5.81. The van der Waals surface area contributed by atoms with E-state index in [4.69, 9.17) is 16.3 Å². The third-order valence-corrected chi connectivity index (χ3v) is 7.23. The molecular formula is C26H25ClN4O5S. The molecule has 0 aliphatic carbocycles. The van der Waals surface area contributed by atoms with Gasteiger partial charge in [-0.2, -0.15) is 0 Å². The molecule has 4 rings (SSSR count). The summed E-state index contributed by atoms with van der Waals surface area (Å²) in [5.41, 5.74) is 2.76. The average molecular weight is 541 g/mol. The third-order valence-electron chi connectivity index (χ3n) is 5.53. The Labute approximate surface area is 219 Å². The van der Waals surface area contributed by atoms with Gasteiger partial charge in [0.2, 0.25) is 0 Å². The quantitative estimate of drug-likeness (QED) is 0.344. The Morgan fingerprint density at radius 2 is 1.73 bits per heavy atom. The van der Waals surface area contributed by atoms with Crippen molar-refractivity contribution in [3.63, 3.8) is 0 Å². The van der Waals surface area contributed by atoms with Crippen molar-refractivity contribution in [3.05, 3.63) is 87.8 Å². The van der Waals surface area contributed by atoms with Crippen molar-refractivity contribution in [1.82, 2.24) is 19.3 Å². The summed E-state index contributed by atoms with van der Waals surface area (Å²) in [7, 11) is -4.07.